The van der Waals surface area contributed by atoms with E-state index in [1.807, 2.05) is 24.3 Å². The fourth-order valence-corrected chi connectivity index (χ4v) is 3.18. The van der Waals surface area contributed by atoms with Crippen LogP contribution in [0.5, 0.6) is 5.75 Å². The summed E-state index contributed by atoms with van der Waals surface area (Å²) in [6.07, 6.45) is 5.47. The second kappa shape index (κ2) is 12.1. The zero-order valence-electron chi connectivity index (χ0n) is 15.0. The molecule has 0 aromatic heterocycles. The highest BCUT2D eigenvalue weighted by Gasteiger charge is 2.26. The standard InChI is InChI=1S/C19H30N2O3.ClH/c1-23-13-11-15-7-9-17(10-8-15)24-12-3-6-19(22)21-18-5-2-4-16(18)14-20;/h7-10,16,18H,2-6,11-14,20H2,1H3,(H,21,22);1H. The lowest BCUT2D eigenvalue weighted by atomic mass is 10.0. The second-order valence-corrected chi connectivity index (χ2v) is 6.44. The molecule has 1 aromatic carbocycles. The molecular weight excluding hydrogens is 340 g/mol. The average Bonchev–Trinajstić information content (AvgIpc) is 3.05. The first-order chi connectivity index (χ1) is 11.7. The van der Waals surface area contributed by atoms with Crippen LogP contribution in [0.25, 0.3) is 0 Å². The average molecular weight is 371 g/mol. The largest absolute Gasteiger partial charge is 0.494 e. The van der Waals surface area contributed by atoms with Crippen LogP contribution >= 0.6 is 12.4 Å². The molecule has 2 unspecified atom stereocenters. The Kier molecular flexibility index (Phi) is 10.5. The van der Waals surface area contributed by atoms with Crippen LogP contribution in [0, 0.1) is 5.92 Å². The summed E-state index contributed by atoms with van der Waals surface area (Å²) in [5.41, 5.74) is 6.98. The monoisotopic (exact) mass is 370 g/mol. The molecule has 142 valence electrons. The molecule has 0 saturated heterocycles. The van der Waals surface area contributed by atoms with Crippen molar-refractivity contribution in [1.29, 1.82) is 0 Å². The van der Waals surface area contributed by atoms with Gasteiger partial charge in [-0.25, -0.2) is 0 Å². The minimum absolute atomic E-state index is 0. The Morgan fingerprint density at radius 2 is 2.00 bits per heavy atom. The number of nitrogens with two attached hydrogens (primary N) is 1. The normalized spacial score (nSPS) is 19.3. The SMILES string of the molecule is COCCc1ccc(OCCCC(=O)NC2CCCC2CN)cc1.Cl. The summed E-state index contributed by atoms with van der Waals surface area (Å²) >= 11 is 0. The molecule has 0 heterocycles. The summed E-state index contributed by atoms with van der Waals surface area (Å²) in [7, 11) is 1.70. The molecule has 2 atom stereocenters. The van der Waals surface area contributed by atoms with Gasteiger partial charge in [0.1, 0.15) is 5.75 Å². The molecule has 1 amide bonds. The molecule has 1 fully saturated rings. The van der Waals surface area contributed by atoms with Crippen LogP contribution in [0.15, 0.2) is 24.3 Å². The van der Waals surface area contributed by atoms with Gasteiger partial charge in [-0.2, -0.15) is 0 Å². The Balaban J connectivity index is 0.00000312. The van der Waals surface area contributed by atoms with Gasteiger partial charge < -0.3 is 20.5 Å². The van der Waals surface area contributed by atoms with Crippen LogP contribution in [0.2, 0.25) is 0 Å². The van der Waals surface area contributed by atoms with Gasteiger partial charge in [0.15, 0.2) is 0 Å². The number of hydrogen-bond donors (Lipinski definition) is 2. The number of amides is 1. The lowest BCUT2D eigenvalue weighted by molar-refractivity contribution is -0.122. The molecule has 1 aliphatic carbocycles. The van der Waals surface area contributed by atoms with Gasteiger partial charge in [0.05, 0.1) is 13.2 Å². The highest BCUT2D eigenvalue weighted by molar-refractivity contribution is 5.85. The number of nitrogens with one attached hydrogen (secondary N) is 1. The Labute approximate surface area is 157 Å². The van der Waals surface area contributed by atoms with Gasteiger partial charge in [-0.05, 0) is 55.8 Å². The molecule has 0 aliphatic heterocycles. The van der Waals surface area contributed by atoms with Crippen molar-refractivity contribution >= 4 is 18.3 Å². The van der Waals surface area contributed by atoms with Gasteiger partial charge >= 0.3 is 0 Å². The van der Waals surface area contributed by atoms with Gasteiger partial charge in [0.2, 0.25) is 5.91 Å². The van der Waals surface area contributed by atoms with Crippen LogP contribution in [0.4, 0.5) is 0 Å². The molecule has 6 heteroatoms. The lowest BCUT2D eigenvalue weighted by Crippen LogP contribution is -2.39. The minimum Gasteiger partial charge on any atom is -0.494 e. The zero-order valence-corrected chi connectivity index (χ0v) is 15.9. The number of benzene rings is 1. The molecule has 1 saturated carbocycles. The van der Waals surface area contributed by atoms with Crippen LogP contribution in [0.1, 0.15) is 37.7 Å². The Bertz CT molecular complexity index is 496. The number of carbonyl (C=O) groups excluding carboxylic acids is 1. The van der Waals surface area contributed by atoms with E-state index in [-0.39, 0.29) is 24.4 Å². The maximum Gasteiger partial charge on any atom is 0.220 e. The summed E-state index contributed by atoms with van der Waals surface area (Å²) in [4.78, 5) is 12.0. The number of rotatable bonds is 10. The maximum atomic E-state index is 12.0. The van der Waals surface area contributed by atoms with E-state index in [2.05, 4.69) is 5.32 Å². The van der Waals surface area contributed by atoms with Crippen molar-refractivity contribution in [3.8, 4) is 5.75 Å². The topological polar surface area (TPSA) is 73.6 Å². The highest BCUT2D eigenvalue weighted by Crippen LogP contribution is 2.24. The minimum atomic E-state index is 0. The highest BCUT2D eigenvalue weighted by atomic mass is 35.5. The molecule has 1 aromatic rings. The van der Waals surface area contributed by atoms with Gasteiger partial charge in [-0.15, -0.1) is 12.4 Å². The second-order valence-electron chi connectivity index (χ2n) is 6.44. The molecular formula is C19H31ClN2O3. The number of methoxy groups -OCH3 is 1. The van der Waals surface area contributed by atoms with Crippen LogP contribution < -0.4 is 15.8 Å². The molecule has 0 spiro atoms. The van der Waals surface area contributed by atoms with Gasteiger partial charge in [-0.3, -0.25) is 4.79 Å². The van der Waals surface area contributed by atoms with Crippen LogP contribution in [0.3, 0.4) is 0 Å². The smallest absolute Gasteiger partial charge is 0.220 e. The van der Waals surface area contributed by atoms with E-state index in [0.29, 0.717) is 25.5 Å². The van der Waals surface area contributed by atoms with E-state index in [1.165, 1.54) is 5.56 Å². The number of ether oxygens (including phenoxy) is 2. The van der Waals surface area contributed by atoms with Crippen LogP contribution in [-0.2, 0) is 16.0 Å². The Morgan fingerprint density at radius 1 is 1.24 bits per heavy atom. The van der Waals surface area contributed by atoms with Crippen molar-refractivity contribution < 1.29 is 14.3 Å². The Hall–Kier alpha value is -1.30. The molecule has 0 radical (unpaired) electrons. The van der Waals surface area contributed by atoms with Crippen molar-refractivity contribution in [3.05, 3.63) is 29.8 Å². The third kappa shape index (κ3) is 7.63. The fourth-order valence-electron chi connectivity index (χ4n) is 3.18. The number of hydrogen-bond acceptors (Lipinski definition) is 4. The molecule has 25 heavy (non-hydrogen) atoms. The van der Waals surface area contributed by atoms with Crippen molar-refractivity contribution in [3.63, 3.8) is 0 Å². The third-order valence-corrected chi connectivity index (χ3v) is 4.64. The molecule has 5 nitrogen and oxygen atoms in total. The summed E-state index contributed by atoms with van der Waals surface area (Å²) in [5.74, 6) is 1.40. The summed E-state index contributed by atoms with van der Waals surface area (Å²) in [5, 5.41) is 3.12. The number of carbonyl (C=O) groups is 1. The van der Waals surface area contributed by atoms with Crippen molar-refractivity contribution in [1.82, 2.24) is 5.32 Å². The van der Waals surface area contributed by atoms with E-state index in [4.69, 9.17) is 15.2 Å². The van der Waals surface area contributed by atoms with Gasteiger partial charge in [0.25, 0.3) is 0 Å². The first kappa shape index (κ1) is 21.7. The zero-order chi connectivity index (χ0) is 17.2. The van der Waals surface area contributed by atoms with E-state index >= 15 is 0 Å². The van der Waals surface area contributed by atoms with Crippen molar-refractivity contribution in [2.45, 2.75) is 44.6 Å². The summed E-state index contributed by atoms with van der Waals surface area (Å²) in [6.45, 7) is 1.94. The van der Waals surface area contributed by atoms with Crippen molar-refractivity contribution in [2.24, 2.45) is 11.7 Å². The van der Waals surface area contributed by atoms with E-state index < -0.39 is 0 Å². The lowest BCUT2D eigenvalue weighted by Gasteiger charge is -2.19. The molecule has 2 rings (SSSR count). The van der Waals surface area contributed by atoms with Crippen LogP contribution in [-0.4, -0.2) is 38.8 Å². The van der Waals surface area contributed by atoms with E-state index in [9.17, 15) is 4.79 Å². The van der Waals surface area contributed by atoms with E-state index in [0.717, 1.165) is 44.5 Å². The summed E-state index contributed by atoms with van der Waals surface area (Å²) in [6, 6.07) is 8.30. The quantitative estimate of drug-likeness (QED) is 0.621. The summed E-state index contributed by atoms with van der Waals surface area (Å²) < 4.78 is 10.8. The molecule has 0 bridgehead atoms. The van der Waals surface area contributed by atoms with E-state index in [1.54, 1.807) is 7.11 Å². The number of halogens is 1. The molecule has 3 N–H and O–H groups in total. The first-order valence-corrected chi connectivity index (χ1v) is 8.93. The third-order valence-electron chi connectivity index (χ3n) is 4.64. The van der Waals surface area contributed by atoms with Crippen molar-refractivity contribution in [2.75, 3.05) is 26.9 Å². The fraction of sp³-hybridized carbons (Fsp3) is 0.632. The molecule has 1 aliphatic rings. The Morgan fingerprint density at radius 3 is 2.68 bits per heavy atom. The first-order valence-electron chi connectivity index (χ1n) is 8.93. The predicted molar refractivity (Wildman–Crippen MR) is 102 cm³/mol. The maximum absolute atomic E-state index is 12.0. The predicted octanol–water partition coefficient (Wildman–Crippen LogP) is 2.70. The van der Waals surface area contributed by atoms with Gasteiger partial charge in [-0.1, -0.05) is 18.6 Å². The van der Waals surface area contributed by atoms with Gasteiger partial charge in [0, 0.05) is 19.6 Å².